The molecule has 7 rings (SSSR count). The molecule has 0 unspecified atom stereocenters. The summed E-state index contributed by atoms with van der Waals surface area (Å²) < 4.78 is 11.7. The van der Waals surface area contributed by atoms with Crippen molar-refractivity contribution in [3.8, 4) is 11.8 Å². The molecule has 1 aromatic heterocycles. The first-order valence-electron chi connectivity index (χ1n) is 12.6. The number of hydrogen-bond acceptors (Lipinski definition) is 6. The van der Waals surface area contributed by atoms with Gasteiger partial charge in [0.25, 0.3) is 0 Å². The smallest absolute Gasteiger partial charge is 0.345 e. The number of anilines is 1. The second-order valence-corrected chi connectivity index (χ2v) is 10.6. The van der Waals surface area contributed by atoms with E-state index in [1.807, 2.05) is 17.0 Å². The lowest BCUT2D eigenvalue weighted by molar-refractivity contribution is -0.122. The van der Waals surface area contributed by atoms with Crippen molar-refractivity contribution < 1.29 is 13.9 Å². The monoisotopic (exact) mass is 479 g/mol. The second kappa shape index (κ2) is 7.01. The van der Waals surface area contributed by atoms with E-state index in [-0.39, 0.29) is 40.1 Å². The predicted octanol–water partition coefficient (Wildman–Crippen LogP) is 4.72. The van der Waals surface area contributed by atoms with Gasteiger partial charge in [-0.05, 0) is 42.9 Å². The van der Waals surface area contributed by atoms with E-state index in [4.69, 9.17) is 14.9 Å². The minimum Gasteiger partial charge on any atom is -0.439 e. The standard InChI is InChI=1S/C29H25N3O4/c1-16-14-28(12-5-2-6-13-28)32-23-17(16)9-7-10-19(23)29(27(32)34)20(15-30)25(31)36-24-18-8-3-4-11-21(18)35-26(33)22(24)29/h3-4,7-11,16H,2,5-6,12-14,31H2,1H3/t16-,29-/m1/s1. The molecule has 2 atom stereocenters. The van der Waals surface area contributed by atoms with Crippen LogP contribution in [0.3, 0.4) is 0 Å². The van der Waals surface area contributed by atoms with Crippen LogP contribution < -0.4 is 21.0 Å². The number of hydrogen-bond donors (Lipinski definition) is 1. The molecular formula is C29H25N3O4. The Bertz CT molecular complexity index is 1620. The number of fused-ring (bicyclic) bond motifs is 6. The molecule has 1 fully saturated rings. The van der Waals surface area contributed by atoms with Gasteiger partial charge < -0.3 is 19.8 Å². The normalized spacial score (nSPS) is 25.6. The zero-order chi connectivity index (χ0) is 24.8. The molecule has 36 heavy (non-hydrogen) atoms. The van der Waals surface area contributed by atoms with E-state index in [9.17, 15) is 14.9 Å². The summed E-state index contributed by atoms with van der Waals surface area (Å²) in [5, 5.41) is 10.9. The third-order valence-corrected chi connectivity index (χ3v) is 8.78. The quantitative estimate of drug-likeness (QED) is 0.467. The first kappa shape index (κ1) is 21.3. The first-order chi connectivity index (χ1) is 17.4. The minimum atomic E-state index is -1.71. The Morgan fingerprint density at radius 1 is 1.08 bits per heavy atom. The molecule has 2 spiro atoms. The van der Waals surface area contributed by atoms with Crippen molar-refractivity contribution in [2.24, 2.45) is 5.73 Å². The van der Waals surface area contributed by atoms with Gasteiger partial charge in [-0.1, -0.05) is 56.5 Å². The SMILES string of the molecule is C[C@@H]1CC2(CCCCC2)N2C(=O)[C@@]3(C(C#N)=C(N)Oc4c3c(=O)oc3ccccc43)c3cccc1c32. The number of para-hydroxylation sites is 2. The Morgan fingerprint density at radius 2 is 1.86 bits per heavy atom. The first-order valence-corrected chi connectivity index (χ1v) is 12.6. The summed E-state index contributed by atoms with van der Waals surface area (Å²) in [5.74, 6) is -0.0333. The van der Waals surface area contributed by atoms with Crippen LogP contribution in [0.2, 0.25) is 0 Å². The Balaban J connectivity index is 1.64. The van der Waals surface area contributed by atoms with Crippen molar-refractivity contribution in [1.29, 1.82) is 5.26 Å². The van der Waals surface area contributed by atoms with Crippen molar-refractivity contribution >= 4 is 22.6 Å². The maximum Gasteiger partial charge on any atom is 0.345 e. The van der Waals surface area contributed by atoms with Gasteiger partial charge in [0, 0.05) is 11.1 Å². The molecule has 7 heteroatoms. The van der Waals surface area contributed by atoms with Gasteiger partial charge in [-0.2, -0.15) is 5.26 Å². The fourth-order valence-electron chi connectivity index (χ4n) is 7.40. The molecule has 1 aliphatic carbocycles. The molecule has 4 heterocycles. The molecule has 4 aliphatic rings. The molecule has 0 saturated heterocycles. The number of nitrogens with zero attached hydrogens (tertiary/aromatic N) is 2. The van der Waals surface area contributed by atoms with Gasteiger partial charge in [0.2, 0.25) is 11.8 Å². The van der Waals surface area contributed by atoms with Crippen LogP contribution in [-0.2, 0) is 10.2 Å². The van der Waals surface area contributed by atoms with E-state index in [1.165, 1.54) is 0 Å². The zero-order valence-electron chi connectivity index (χ0n) is 20.0. The van der Waals surface area contributed by atoms with Crippen molar-refractivity contribution in [2.45, 2.75) is 62.3 Å². The van der Waals surface area contributed by atoms with Gasteiger partial charge >= 0.3 is 5.63 Å². The summed E-state index contributed by atoms with van der Waals surface area (Å²) in [6.07, 6.45) is 5.85. The molecule has 180 valence electrons. The summed E-state index contributed by atoms with van der Waals surface area (Å²) in [7, 11) is 0. The molecule has 0 radical (unpaired) electrons. The van der Waals surface area contributed by atoms with Crippen molar-refractivity contribution in [2.75, 3.05) is 4.90 Å². The molecule has 3 aliphatic heterocycles. The van der Waals surface area contributed by atoms with Gasteiger partial charge in [0.05, 0.1) is 11.1 Å². The Labute approximate surface area is 207 Å². The van der Waals surface area contributed by atoms with Crippen molar-refractivity contribution in [1.82, 2.24) is 0 Å². The maximum atomic E-state index is 15.0. The highest BCUT2D eigenvalue weighted by Crippen LogP contribution is 2.62. The van der Waals surface area contributed by atoms with Crippen LogP contribution in [-0.4, -0.2) is 11.4 Å². The lowest BCUT2D eigenvalue weighted by Gasteiger charge is -2.50. The Kier molecular flexibility index (Phi) is 4.14. The fourth-order valence-corrected chi connectivity index (χ4v) is 7.40. The molecule has 1 saturated carbocycles. The van der Waals surface area contributed by atoms with Crippen molar-refractivity contribution in [3.63, 3.8) is 0 Å². The summed E-state index contributed by atoms with van der Waals surface area (Å²) in [5.41, 5.74) is 6.45. The highest BCUT2D eigenvalue weighted by Gasteiger charge is 2.66. The lowest BCUT2D eigenvalue weighted by Crippen LogP contribution is -2.58. The average molecular weight is 480 g/mol. The summed E-state index contributed by atoms with van der Waals surface area (Å²) in [4.78, 5) is 30.6. The molecule has 3 aromatic rings. The van der Waals surface area contributed by atoms with Crippen LogP contribution >= 0.6 is 0 Å². The Hall–Kier alpha value is -4.05. The van der Waals surface area contributed by atoms with Gasteiger partial charge in [0.1, 0.15) is 22.8 Å². The lowest BCUT2D eigenvalue weighted by atomic mass is 9.68. The van der Waals surface area contributed by atoms with E-state index < -0.39 is 11.0 Å². The Morgan fingerprint density at radius 3 is 2.64 bits per heavy atom. The summed E-state index contributed by atoms with van der Waals surface area (Å²) in [6.45, 7) is 2.20. The van der Waals surface area contributed by atoms with E-state index in [1.54, 1.807) is 24.3 Å². The minimum absolute atomic E-state index is 0.0402. The van der Waals surface area contributed by atoms with Gasteiger partial charge in [-0.25, -0.2) is 4.79 Å². The van der Waals surface area contributed by atoms with Crippen LogP contribution in [0, 0.1) is 11.3 Å². The second-order valence-electron chi connectivity index (χ2n) is 10.6. The number of carbonyl (C=O) groups is 1. The van der Waals surface area contributed by atoms with E-state index in [0.29, 0.717) is 16.5 Å². The number of nitriles is 1. The van der Waals surface area contributed by atoms with Crippen LogP contribution in [0.25, 0.3) is 11.0 Å². The van der Waals surface area contributed by atoms with E-state index >= 15 is 0 Å². The molecule has 7 nitrogen and oxygen atoms in total. The molecule has 0 bridgehead atoms. The zero-order valence-corrected chi connectivity index (χ0v) is 20.0. The highest BCUT2D eigenvalue weighted by molar-refractivity contribution is 6.16. The third-order valence-electron chi connectivity index (χ3n) is 8.78. The average Bonchev–Trinajstić information content (AvgIpc) is 3.13. The van der Waals surface area contributed by atoms with Crippen LogP contribution in [0.5, 0.6) is 5.75 Å². The van der Waals surface area contributed by atoms with Crippen LogP contribution in [0.15, 0.2) is 63.1 Å². The third kappa shape index (κ3) is 2.32. The fraction of sp³-hybridized carbons (Fsp3) is 0.345. The van der Waals surface area contributed by atoms with Gasteiger partial charge in [-0.15, -0.1) is 0 Å². The van der Waals surface area contributed by atoms with Gasteiger partial charge in [-0.3, -0.25) is 4.79 Å². The number of rotatable bonds is 0. The number of amides is 1. The molecule has 1 amide bonds. The van der Waals surface area contributed by atoms with Gasteiger partial charge in [0.15, 0.2) is 11.2 Å². The van der Waals surface area contributed by atoms with Crippen LogP contribution in [0.4, 0.5) is 5.69 Å². The van der Waals surface area contributed by atoms with Crippen molar-refractivity contribution in [3.05, 3.63) is 81.0 Å². The highest BCUT2D eigenvalue weighted by atomic mass is 16.5. The van der Waals surface area contributed by atoms with E-state index in [2.05, 4.69) is 19.1 Å². The number of benzene rings is 2. The van der Waals surface area contributed by atoms with E-state index in [0.717, 1.165) is 49.8 Å². The number of nitrogens with two attached hydrogens (primary N) is 1. The molecule has 2 N–H and O–H groups in total. The number of carbonyl (C=O) groups excluding carboxylic acids is 1. The van der Waals surface area contributed by atoms with Crippen LogP contribution in [0.1, 0.15) is 68.1 Å². The molecular weight excluding hydrogens is 454 g/mol. The topological polar surface area (TPSA) is 110 Å². The largest absolute Gasteiger partial charge is 0.439 e. The summed E-state index contributed by atoms with van der Waals surface area (Å²) in [6, 6.07) is 15.0. The predicted molar refractivity (Wildman–Crippen MR) is 133 cm³/mol. The maximum absolute atomic E-state index is 15.0. The number of ether oxygens (including phenoxy) is 1. The molecule has 2 aromatic carbocycles. The summed E-state index contributed by atoms with van der Waals surface area (Å²) >= 11 is 0.